The Morgan fingerprint density at radius 2 is 1.27 bits per heavy atom. The van der Waals surface area contributed by atoms with Crippen LogP contribution in [0.25, 0.3) is 22.5 Å². The second-order valence-electron chi connectivity index (χ2n) is 15.5. The molecule has 2 aliphatic rings. The number of hydrogen-bond acceptors (Lipinski definition) is 9. The number of carbonyl (C=O) groups excluding carboxylic acids is 2. The third kappa shape index (κ3) is 9.64. The molecule has 2 aliphatic heterocycles. The normalized spacial score (nSPS) is 18.1. The number of hydrogen-bond donors (Lipinski definition) is 5. The second kappa shape index (κ2) is 18.6. The zero-order valence-electron chi connectivity index (χ0n) is 34.4. The number of H-pyrrole nitrogens is 2. The fourth-order valence-corrected chi connectivity index (χ4v) is 8.95. The number of imidazole rings is 2. The van der Waals surface area contributed by atoms with Gasteiger partial charge in [0, 0.05) is 24.2 Å². The summed E-state index contributed by atoms with van der Waals surface area (Å²) in [5.74, 6) is 7.58. The molecule has 2 amide bonds. The van der Waals surface area contributed by atoms with Crippen LogP contribution in [-0.2, 0) is 19.6 Å². The highest BCUT2D eigenvalue weighted by molar-refractivity contribution is 7.88. The number of carbonyl (C=O) groups is 2. The van der Waals surface area contributed by atoms with Crippen LogP contribution in [0.1, 0.15) is 83.8 Å². The van der Waals surface area contributed by atoms with Gasteiger partial charge in [-0.15, -0.1) is 0 Å². The fourth-order valence-electron chi connectivity index (χ4n) is 8.28. The molecule has 5 N–H and O–H groups in total. The number of benzene rings is 4. The van der Waals surface area contributed by atoms with E-state index < -0.39 is 34.4 Å². The van der Waals surface area contributed by atoms with Crippen molar-refractivity contribution in [2.75, 3.05) is 26.5 Å². The van der Waals surface area contributed by atoms with Crippen molar-refractivity contribution >= 4 is 22.0 Å². The maximum Gasteiger partial charge on any atom is 0.407 e. The van der Waals surface area contributed by atoms with Gasteiger partial charge in [-0.25, -0.2) is 23.2 Å². The summed E-state index contributed by atoms with van der Waals surface area (Å²) < 4.78 is 31.9. The molecule has 2 saturated heterocycles. The molecule has 0 saturated carbocycles. The van der Waals surface area contributed by atoms with Crippen molar-refractivity contribution in [3.8, 4) is 34.4 Å². The van der Waals surface area contributed by atoms with Crippen molar-refractivity contribution < 1.29 is 27.9 Å². The lowest BCUT2D eigenvalue weighted by Gasteiger charge is -2.34. The van der Waals surface area contributed by atoms with E-state index in [2.05, 4.69) is 36.8 Å². The second-order valence-corrected chi connectivity index (χ2v) is 17.3. The standard InChI is InChI=1S/C47H48N8O6S/c1-61-47(58)52-41(35-11-5-3-6-12-35)45(56)54-27-9-15-39(54)43-48-29-37(50-43)33-23-19-31(20-24-33)17-18-32-21-25-34(26-22-32)38-30-49-44(51-38)40-16-10-28-55(40)46(57)42(53-62(2,59)60)36-13-7-4-8-14-36/h3-8,11-14,19-26,29-30,39-42,45,53,56H,9-10,15-16,27-28H2,1-2H3,(H,48,50)(H,49,51)(H,52,58)/t39-,40-,41+,42+,45?/m0/s1. The Labute approximate surface area is 360 Å². The van der Waals surface area contributed by atoms with E-state index in [4.69, 9.17) is 9.72 Å². The van der Waals surface area contributed by atoms with Crippen LogP contribution >= 0.6 is 0 Å². The van der Waals surface area contributed by atoms with Crippen LogP contribution in [0.3, 0.4) is 0 Å². The first kappa shape index (κ1) is 42.1. The van der Waals surface area contributed by atoms with Crippen molar-refractivity contribution in [3.05, 3.63) is 155 Å². The summed E-state index contributed by atoms with van der Waals surface area (Å²) in [5, 5.41) is 14.4. The summed E-state index contributed by atoms with van der Waals surface area (Å²) in [7, 11) is -2.36. The Balaban J connectivity index is 0.903. The van der Waals surface area contributed by atoms with Crippen LogP contribution < -0.4 is 10.0 Å². The number of aromatic amines is 2. The minimum Gasteiger partial charge on any atom is -0.453 e. The molecule has 6 aromatic rings. The first-order valence-corrected chi connectivity index (χ1v) is 22.4. The number of ether oxygens (including phenoxy) is 1. The van der Waals surface area contributed by atoms with Crippen LogP contribution in [0.4, 0.5) is 4.79 Å². The lowest BCUT2D eigenvalue weighted by atomic mass is 10.0. The molecule has 0 aliphatic carbocycles. The van der Waals surface area contributed by atoms with Crippen LogP contribution in [0, 0.1) is 11.8 Å². The molecule has 2 fully saturated rings. The highest BCUT2D eigenvalue weighted by Crippen LogP contribution is 2.37. The summed E-state index contributed by atoms with van der Waals surface area (Å²) in [6, 6.07) is 31.8. The van der Waals surface area contributed by atoms with Crippen molar-refractivity contribution in [2.45, 2.75) is 56.1 Å². The molecule has 4 aromatic carbocycles. The van der Waals surface area contributed by atoms with Gasteiger partial charge in [0.25, 0.3) is 0 Å². The van der Waals surface area contributed by atoms with E-state index in [-0.39, 0.29) is 18.0 Å². The molecule has 0 spiro atoms. The van der Waals surface area contributed by atoms with Gasteiger partial charge in [-0.1, -0.05) is 96.8 Å². The number of nitrogens with zero attached hydrogens (tertiary/aromatic N) is 4. The number of sulfonamides is 1. The zero-order valence-corrected chi connectivity index (χ0v) is 35.2. The summed E-state index contributed by atoms with van der Waals surface area (Å²) in [6.45, 7) is 1.14. The average Bonchev–Trinajstić information content (AvgIpc) is 4.14. The number of aromatic nitrogens is 4. The number of alkyl carbamates (subject to hydrolysis) is 1. The number of nitrogens with one attached hydrogen (secondary N) is 4. The van der Waals surface area contributed by atoms with Gasteiger partial charge in [-0.05, 0) is 72.2 Å². The maximum absolute atomic E-state index is 13.8. The quantitative estimate of drug-likeness (QED) is 0.0873. The predicted octanol–water partition coefficient (Wildman–Crippen LogP) is 6.37. The summed E-state index contributed by atoms with van der Waals surface area (Å²) in [6.07, 6.45) is 6.13. The molecular formula is C47H48N8O6S. The van der Waals surface area contributed by atoms with Crippen LogP contribution in [0.15, 0.2) is 122 Å². The van der Waals surface area contributed by atoms with Gasteiger partial charge in [-0.2, -0.15) is 4.72 Å². The third-order valence-electron chi connectivity index (χ3n) is 11.4. The fraction of sp³-hybridized carbons (Fsp3) is 0.277. The van der Waals surface area contributed by atoms with Crippen molar-refractivity contribution in [1.82, 2.24) is 39.8 Å². The van der Waals surface area contributed by atoms with Crippen molar-refractivity contribution in [1.29, 1.82) is 0 Å². The van der Waals surface area contributed by atoms with E-state index in [1.165, 1.54) is 7.11 Å². The lowest BCUT2D eigenvalue weighted by molar-refractivity contribution is -0.134. The summed E-state index contributed by atoms with van der Waals surface area (Å²) in [5.41, 5.74) is 6.55. The van der Waals surface area contributed by atoms with Crippen LogP contribution in [0.2, 0.25) is 0 Å². The Kier molecular flexibility index (Phi) is 12.6. The number of rotatable bonds is 12. The maximum atomic E-state index is 13.8. The lowest BCUT2D eigenvalue weighted by Crippen LogP contribution is -2.46. The topological polar surface area (TPSA) is 186 Å². The summed E-state index contributed by atoms with van der Waals surface area (Å²) >= 11 is 0. The molecule has 318 valence electrons. The SMILES string of the molecule is COC(=O)N[C@H](c1ccccc1)C(O)N1CCC[C@H]1c1ncc(-c2ccc(C#Cc3ccc(-c4cnc([C@@H]5CCCN5C(=O)[C@H](NS(C)(=O)=O)c5ccccc5)[nH]4)cc3)cc2)[nH]1. The Morgan fingerprint density at radius 1 is 0.758 bits per heavy atom. The highest BCUT2D eigenvalue weighted by atomic mass is 32.2. The molecule has 2 aromatic heterocycles. The monoisotopic (exact) mass is 852 g/mol. The number of methoxy groups -OCH3 is 1. The minimum atomic E-state index is -3.66. The average molecular weight is 853 g/mol. The van der Waals surface area contributed by atoms with E-state index in [9.17, 15) is 23.1 Å². The molecular weight excluding hydrogens is 805 g/mol. The van der Waals surface area contributed by atoms with Crippen LogP contribution in [-0.4, -0.2) is 87.9 Å². The van der Waals surface area contributed by atoms with Gasteiger partial charge >= 0.3 is 6.09 Å². The van der Waals surface area contributed by atoms with E-state index in [0.717, 1.165) is 70.5 Å². The largest absolute Gasteiger partial charge is 0.453 e. The number of aliphatic hydroxyl groups is 1. The molecule has 4 heterocycles. The Bertz CT molecular complexity index is 2660. The molecule has 14 nitrogen and oxygen atoms in total. The first-order chi connectivity index (χ1) is 30.0. The Morgan fingerprint density at radius 3 is 1.82 bits per heavy atom. The minimum absolute atomic E-state index is 0.170. The van der Waals surface area contributed by atoms with E-state index in [1.807, 2.05) is 89.8 Å². The molecule has 15 heteroatoms. The first-order valence-electron chi connectivity index (χ1n) is 20.5. The molecule has 62 heavy (non-hydrogen) atoms. The van der Waals surface area contributed by atoms with E-state index >= 15 is 0 Å². The molecule has 5 atom stereocenters. The van der Waals surface area contributed by atoms with Gasteiger partial charge < -0.3 is 30.0 Å². The molecule has 0 radical (unpaired) electrons. The molecule has 0 bridgehead atoms. The van der Waals surface area contributed by atoms with Crippen molar-refractivity contribution in [3.63, 3.8) is 0 Å². The van der Waals surface area contributed by atoms with Gasteiger partial charge in [0.2, 0.25) is 15.9 Å². The number of aliphatic hydroxyl groups excluding tert-OH is 1. The zero-order chi connectivity index (χ0) is 43.2. The molecule has 8 rings (SSSR count). The summed E-state index contributed by atoms with van der Waals surface area (Å²) in [4.78, 5) is 46.0. The van der Waals surface area contributed by atoms with E-state index in [1.54, 1.807) is 41.6 Å². The predicted molar refractivity (Wildman–Crippen MR) is 234 cm³/mol. The van der Waals surface area contributed by atoms with Gasteiger partial charge in [0.05, 0.1) is 55.3 Å². The van der Waals surface area contributed by atoms with E-state index in [0.29, 0.717) is 30.9 Å². The smallest absolute Gasteiger partial charge is 0.407 e. The number of amides is 2. The molecule has 1 unspecified atom stereocenters. The van der Waals surface area contributed by atoms with Gasteiger partial charge in [0.1, 0.15) is 23.9 Å². The highest BCUT2D eigenvalue weighted by Gasteiger charge is 2.39. The number of likely N-dealkylation sites (tertiary alicyclic amines) is 2. The van der Waals surface area contributed by atoms with Gasteiger partial charge in [0.15, 0.2) is 0 Å². The Hall–Kier alpha value is -6.57. The third-order valence-corrected chi connectivity index (χ3v) is 12.0. The van der Waals surface area contributed by atoms with Crippen LogP contribution in [0.5, 0.6) is 0 Å². The van der Waals surface area contributed by atoms with Crippen molar-refractivity contribution in [2.24, 2.45) is 0 Å². The van der Waals surface area contributed by atoms with Gasteiger partial charge in [-0.3, -0.25) is 9.69 Å².